The molecule has 20 heavy (non-hydrogen) atoms. The van der Waals surface area contributed by atoms with Gasteiger partial charge in [-0.2, -0.15) is 5.10 Å². The van der Waals surface area contributed by atoms with E-state index in [-0.39, 0.29) is 0 Å². The molecule has 0 spiro atoms. The van der Waals surface area contributed by atoms with Gasteiger partial charge in [-0.25, -0.2) is 10.2 Å². The highest BCUT2D eigenvalue weighted by Crippen LogP contribution is 2.22. The monoisotopic (exact) mass is 272 g/mol. The molecule has 0 aromatic heterocycles. The minimum absolute atomic E-state index is 0.527. The van der Waals surface area contributed by atoms with Crippen LogP contribution in [0.2, 0.25) is 0 Å². The molecule has 1 fully saturated rings. The Labute approximate surface area is 119 Å². The van der Waals surface area contributed by atoms with Gasteiger partial charge in [0.2, 0.25) is 0 Å². The number of carbonyl (C=O) groups excluding carboxylic acids is 1. The van der Waals surface area contributed by atoms with Crippen LogP contribution < -0.4 is 5.43 Å². The standard InChI is InChI=1S/C16H20N2O2/c1-20-16(19)18-17-15-11-7-3-6-10-14(15)12-13-8-4-2-5-9-13/h2,4-5,8-9,12H,3,6-7,10-11H2,1H3,(H,18,19). The van der Waals surface area contributed by atoms with E-state index in [2.05, 4.69) is 33.5 Å². The predicted octanol–water partition coefficient (Wildman–Crippen LogP) is 3.75. The van der Waals surface area contributed by atoms with Gasteiger partial charge in [-0.05, 0) is 42.9 Å². The zero-order valence-corrected chi connectivity index (χ0v) is 11.8. The van der Waals surface area contributed by atoms with Crippen LogP contribution in [-0.2, 0) is 4.74 Å². The second-order valence-electron chi connectivity index (χ2n) is 4.80. The molecule has 0 radical (unpaired) electrons. The number of nitrogens with zero attached hydrogens (tertiary/aromatic N) is 1. The van der Waals surface area contributed by atoms with Gasteiger partial charge in [-0.15, -0.1) is 0 Å². The molecule has 0 bridgehead atoms. The third-order valence-corrected chi connectivity index (χ3v) is 3.34. The zero-order chi connectivity index (χ0) is 14.2. The lowest BCUT2D eigenvalue weighted by Gasteiger charge is -2.07. The predicted molar refractivity (Wildman–Crippen MR) is 80.5 cm³/mol. The molecular formula is C16H20N2O2. The Hall–Kier alpha value is -2.10. The van der Waals surface area contributed by atoms with Gasteiger partial charge < -0.3 is 4.74 Å². The molecule has 1 aliphatic rings. The molecule has 1 N–H and O–H groups in total. The first-order valence-electron chi connectivity index (χ1n) is 6.96. The van der Waals surface area contributed by atoms with Crippen molar-refractivity contribution in [2.75, 3.05) is 7.11 Å². The topological polar surface area (TPSA) is 50.7 Å². The van der Waals surface area contributed by atoms with Crippen molar-refractivity contribution in [2.24, 2.45) is 5.10 Å². The number of amides is 1. The Balaban J connectivity index is 2.21. The quantitative estimate of drug-likeness (QED) is 0.658. The average Bonchev–Trinajstić information content (AvgIpc) is 2.71. The van der Waals surface area contributed by atoms with Crippen LogP contribution in [0.1, 0.15) is 37.7 Å². The maximum Gasteiger partial charge on any atom is 0.427 e. The molecule has 4 nitrogen and oxygen atoms in total. The number of allylic oxidation sites excluding steroid dienone is 1. The third-order valence-electron chi connectivity index (χ3n) is 3.34. The number of benzene rings is 1. The molecule has 1 aromatic rings. The van der Waals surface area contributed by atoms with Crippen molar-refractivity contribution in [3.8, 4) is 0 Å². The molecule has 1 aromatic carbocycles. The Kier molecular flexibility index (Phi) is 5.35. The highest BCUT2D eigenvalue weighted by Gasteiger charge is 2.12. The molecule has 0 heterocycles. The summed E-state index contributed by atoms with van der Waals surface area (Å²) < 4.78 is 4.55. The molecule has 2 rings (SSSR count). The van der Waals surface area contributed by atoms with Crippen molar-refractivity contribution < 1.29 is 9.53 Å². The van der Waals surface area contributed by atoms with E-state index in [1.165, 1.54) is 19.1 Å². The first kappa shape index (κ1) is 14.3. The number of methoxy groups -OCH3 is 1. The summed E-state index contributed by atoms with van der Waals surface area (Å²) in [6.07, 6.45) is 6.98. The van der Waals surface area contributed by atoms with E-state index in [1.54, 1.807) is 0 Å². The molecule has 0 saturated heterocycles. The maximum absolute atomic E-state index is 11.1. The molecule has 4 heteroatoms. The molecule has 106 valence electrons. The smallest absolute Gasteiger partial charge is 0.427 e. The van der Waals surface area contributed by atoms with Crippen molar-refractivity contribution in [3.05, 3.63) is 41.5 Å². The van der Waals surface area contributed by atoms with E-state index >= 15 is 0 Å². The number of hydrogen-bond acceptors (Lipinski definition) is 3. The van der Waals surface area contributed by atoms with E-state index in [0.717, 1.165) is 37.0 Å². The second kappa shape index (κ2) is 7.48. The SMILES string of the molecule is COC(=O)NN=C1CCCCCC1=Cc1ccccc1. The van der Waals surface area contributed by atoms with Crippen molar-refractivity contribution in [1.29, 1.82) is 0 Å². The van der Waals surface area contributed by atoms with Crippen LogP contribution in [0, 0.1) is 0 Å². The Morgan fingerprint density at radius 3 is 2.70 bits per heavy atom. The molecule has 0 unspecified atom stereocenters. The summed E-state index contributed by atoms with van der Waals surface area (Å²) >= 11 is 0. The summed E-state index contributed by atoms with van der Waals surface area (Å²) in [5, 5.41) is 4.22. The van der Waals surface area contributed by atoms with Gasteiger partial charge in [-0.3, -0.25) is 0 Å². The van der Waals surface area contributed by atoms with Gasteiger partial charge in [0.15, 0.2) is 0 Å². The van der Waals surface area contributed by atoms with Crippen LogP contribution in [0.3, 0.4) is 0 Å². The van der Waals surface area contributed by atoms with Crippen molar-refractivity contribution >= 4 is 17.9 Å². The van der Waals surface area contributed by atoms with Crippen LogP contribution in [0.4, 0.5) is 4.79 Å². The number of hydrazone groups is 1. The van der Waals surface area contributed by atoms with Crippen LogP contribution in [0.5, 0.6) is 0 Å². The Bertz CT molecular complexity index is 506. The number of carbonyl (C=O) groups is 1. The van der Waals surface area contributed by atoms with Gasteiger partial charge >= 0.3 is 6.09 Å². The van der Waals surface area contributed by atoms with E-state index < -0.39 is 6.09 Å². The van der Waals surface area contributed by atoms with Crippen molar-refractivity contribution in [1.82, 2.24) is 5.43 Å². The second-order valence-corrected chi connectivity index (χ2v) is 4.80. The van der Waals surface area contributed by atoms with Crippen LogP contribution in [0.25, 0.3) is 6.08 Å². The number of hydrogen-bond donors (Lipinski definition) is 1. The lowest BCUT2D eigenvalue weighted by molar-refractivity contribution is 0.171. The normalized spacial score (nSPS) is 19.6. The summed E-state index contributed by atoms with van der Waals surface area (Å²) in [6.45, 7) is 0. The lowest BCUT2D eigenvalue weighted by atomic mass is 10.0. The fourth-order valence-electron chi connectivity index (χ4n) is 2.28. The number of rotatable bonds is 2. The summed E-state index contributed by atoms with van der Waals surface area (Å²) in [7, 11) is 1.34. The lowest BCUT2D eigenvalue weighted by Crippen LogP contribution is -2.19. The Morgan fingerprint density at radius 2 is 1.95 bits per heavy atom. The zero-order valence-electron chi connectivity index (χ0n) is 11.8. The van der Waals surface area contributed by atoms with E-state index in [0.29, 0.717) is 0 Å². The van der Waals surface area contributed by atoms with Gasteiger partial charge in [0, 0.05) is 0 Å². The van der Waals surface area contributed by atoms with Gasteiger partial charge in [0.05, 0.1) is 12.8 Å². The van der Waals surface area contributed by atoms with Crippen LogP contribution in [-0.4, -0.2) is 18.9 Å². The van der Waals surface area contributed by atoms with Gasteiger partial charge in [-0.1, -0.05) is 36.8 Å². The largest absolute Gasteiger partial charge is 0.452 e. The van der Waals surface area contributed by atoms with Gasteiger partial charge in [0.25, 0.3) is 0 Å². The molecular weight excluding hydrogens is 252 g/mol. The van der Waals surface area contributed by atoms with Crippen LogP contribution >= 0.6 is 0 Å². The summed E-state index contributed by atoms with van der Waals surface area (Å²) in [6, 6.07) is 10.2. The fraction of sp³-hybridized carbons (Fsp3) is 0.375. The van der Waals surface area contributed by atoms with Gasteiger partial charge in [0.1, 0.15) is 0 Å². The third kappa shape index (κ3) is 4.23. The molecule has 0 aliphatic heterocycles. The fourth-order valence-corrected chi connectivity index (χ4v) is 2.28. The van der Waals surface area contributed by atoms with Crippen LogP contribution in [0.15, 0.2) is 41.0 Å². The first-order valence-corrected chi connectivity index (χ1v) is 6.96. The summed E-state index contributed by atoms with van der Waals surface area (Å²) in [5.41, 5.74) is 5.75. The molecule has 1 aliphatic carbocycles. The molecule has 1 saturated carbocycles. The van der Waals surface area contributed by atoms with Crippen molar-refractivity contribution in [3.63, 3.8) is 0 Å². The Morgan fingerprint density at radius 1 is 1.20 bits per heavy atom. The molecule has 0 atom stereocenters. The average molecular weight is 272 g/mol. The molecule has 1 amide bonds. The minimum Gasteiger partial charge on any atom is -0.452 e. The highest BCUT2D eigenvalue weighted by molar-refractivity contribution is 6.04. The first-order chi connectivity index (χ1) is 9.79. The highest BCUT2D eigenvalue weighted by atomic mass is 16.5. The minimum atomic E-state index is -0.527. The van der Waals surface area contributed by atoms with Crippen molar-refractivity contribution in [2.45, 2.75) is 32.1 Å². The van der Waals surface area contributed by atoms with E-state index in [4.69, 9.17) is 0 Å². The van der Waals surface area contributed by atoms with E-state index in [9.17, 15) is 4.79 Å². The maximum atomic E-state index is 11.1. The number of ether oxygens (including phenoxy) is 1. The van der Waals surface area contributed by atoms with E-state index in [1.807, 2.05) is 18.2 Å². The summed E-state index contributed by atoms with van der Waals surface area (Å²) in [5.74, 6) is 0. The summed E-state index contributed by atoms with van der Waals surface area (Å²) in [4.78, 5) is 11.1. The number of nitrogens with one attached hydrogen (secondary N) is 1.